The fourth-order valence-corrected chi connectivity index (χ4v) is 2.67. The molecule has 0 aliphatic carbocycles. The van der Waals surface area contributed by atoms with Gasteiger partial charge < -0.3 is 10.0 Å². The highest BCUT2D eigenvalue weighted by atomic mass is 16.6. The minimum absolute atomic E-state index is 0.0167. The Morgan fingerprint density at radius 3 is 2.90 bits per heavy atom. The molecule has 1 aromatic rings. The average Bonchev–Trinajstić information content (AvgIpc) is 2.71. The van der Waals surface area contributed by atoms with Crippen LogP contribution < -0.4 is 4.90 Å². The number of nitriles is 1. The van der Waals surface area contributed by atoms with E-state index in [-0.39, 0.29) is 23.9 Å². The van der Waals surface area contributed by atoms with Crippen LogP contribution >= 0.6 is 0 Å². The first-order valence-corrected chi connectivity index (χ1v) is 6.73. The predicted molar refractivity (Wildman–Crippen MR) is 74.5 cm³/mol. The van der Waals surface area contributed by atoms with Crippen LogP contribution in [0.3, 0.4) is 0 Å². The molecule has 1 unspecified atom stereocenters. The van der Waals surface area contributed by atoms with Gasteiger partial charge in [0, 0.05) is 12.6 Å². The van der Waals surface area contributed by atoms with Crippen molar-refractivity contribution in [3.63, 3.8) is 0 Å². The van der Waals surface area contributed by atoms with Crippen molar-refractivity contribution >= 4 is 11.4 Å². The molecular weight excluding hydrogens is 258 g/mol. The average molecular weight is 275 g/mol. The molecule has 1 aromatic carbocycles. The normalized spacial score (nSPS) is 19.2. The molecule has 6 nitrogen and oxygen atoms in total. The topological polar surface area (TPSA) is 90.4 Å². The van der Waals surface area contributed by atoms with Crippen molar-refractivity contribution in [3.05, 3.63) is 33.9 Å². The van der Waals surface area contributed by atoms with Crippen molar-refractivity contribution in [2.24, 2.45) is 0 Å². The fourth-order valence-electron chi connectivity index (χ4n) is 2.67. The summed E-state index contributed by atoms with van der Waals surface area (Å²) < 4.78 is 0. The van der Waals surface area contributed by atoms with Gasteiger partial charge in [-0.05, 0) is 25.0 Å². The highest BCUT2D eigenvalue weighted by molar-refractivity contribution is 5.66. The van der Waals surface area contributed by atoms with E-state index in [2.05, 4.69) is 0 Å². The first-order valence-electron chi connectivity index (χ1n) is 6.73. The molecule has 0 aromatic heterocycles. The first kappa shape index (κ1) is 14.3. The summed E-state index contributed by atoms with van der Waals surface area (Å²) in [7, 11) is 0. The Bertz CT molecular complexity index is 539. The summed E-state index contributed by atoms with van der Waals surface area (Å²) in [5.74, 6) is 0. The number of nitrogens with zero attached hydrogens (tertiary/aromatic N) is 3. The lowest BCUT2D eigenvalue weighted by Gasteiger charge is -2.30. The molecule has 20 heavy (non-hydrogen) atoms. The van der Waals surface area contributed by atoms with Crippen LogP contribution in [0, 0.1) is 21.4 Å². The van der Waals surface area contributed by atoms with Crippen LogP contribution in [0.4, 0.5) is 11.4 Å². The number of rotatable bonds is 3. The standard InChI is InChI=1S/C14H17N3O3/c15-9-11-5-6-13(14(8-11)17(19)20)16-7-3-1-2-4-12(16)10-18/h5-6,8,12,18H,1-4,7,10H2. The van der Waals surface area contributed by atoms with Crippen molar-refractivity contribution < 1.29 is 10.0 Å². The highest BCUT2D eigenvalue weighted by Gasteiger charge is 2.26. The molecule has 1 N–H and O–H groups in total. The van der Waals surface area contributed by atoms with Gasteiger partial charge in [0.2, 0.25) is 0 Å². The van der Waals surface area contributed by atoms with Crippen LogP contribution in [0.15, 0.2) is 18.2 Å². The molecule has 1 saturated heterocycles. The van der Waals surface area contributed by atoms with E-state index >= 15 is 0 Å². The van der Waals surface area contributed by atoms with Crippen molar-refractivity contribution in [2.45, 2.75) is 31.7 Å². The van der Waals surface area contributed by atoms with Crippen LogP contribution in [-0.4, -0.2) is 29.2 Å². The number of benzene rings is 1. The fraction of sp³-hybridized carbons (Fsp3) is 0.500. The zero-order valence-corrected chi connectivity index (χ0v) is 11.2. The highest BCUT2D eigenvalue weighted by Crippen LogP contribution is 2.33. The van der Waals surface area contributed by atoms with Crippen LogP contribution in [-0.2, 0) is 0 Å². The second-order valence-electron chi connectivity index (χ2n) is 4.95. The Morgan fingerprint density at radius 1 is 1.45 bits per heavy atom. The van der Waals surface area contributed by atoms with Gasteiger partial charge in [-0.15, -0.1) is 0 Å². The SMILES string of the molecule is N#Cc1ccc(N2CCCCCC2CO)c([N+](=O)[O-])c1. The van der Waals surface area contributed by atoms with E-state index in [1.54, 1.807) is 12.1 Å². The van der Waals surface area contributed by atoms with Gasteiger partial charge in [0.15, 0.2) is 0 Å². The molecule has 106 valence electrons. The van der Waals surface area contributed by atoms with Crippen molar-refractivity contribution in [1.82, 2.24) is 0 Å². The van der Waals surface area contributed by atoms with Crippen molar-refractivity contribution in [3.8, 4) is 6.07 Å². The Balaban J connectivity index is 2.43. The largest absolute Gasteiger partial charge is 0.394 e. The third kappa shape index (κ3) is 2.89. The molecular formula is C14H17N3O3. The van der Waals surface area contributed by atoms with E-state index in [0.717, 1.165) is 25.7 Å². The van der Waals surface area contributed by atoms with Crippen LogP contribution in [0.1, 0.15) is 31.2 Å². The monoisotopic (exact) mass is 275 g/mol. The summed E-state index contributed by atoms with van der Waals surface area (Å²) >= 11 is 0. The number of aliphatic hydroxyl groups is 1. The van der Waals surface area contributed by atoms with Gasteiger partial charge >= 0.3 is 0 Å². The van der Waals surface area contributed by atoms with Crippen molar-refractivity contribution in [2.75, 3.05) is 18.1 Å². The summed E-state index contributed by atoms with van der Waals surface area (Å²) in [6, 6.07) is 6.33. The van der Waals surface area contributed by atoms with Crippen LogP contribution in [0.25, 0.3) is 0 Å². The van der Waals surface area contributed by atoms with Gasteiger partial charge in [-0.3, -0.25) is 10.1 Å². The summed E-state index contributed by atoms with van der Waals surface area (Å²) in [6.07, 6.45) is 3.87. The molecule has 1 aliphatic heterocycles. The predicted octanol–water partition coefficient (Wildman–Crippen LogP) is 2.21. The third-order valence-corrected chi connectivity index (χ3v) is 3.70. The molecule has 1 atom stereocenters. The number of nitro groups is 1. The molecule has 0 amide bonds. The smallest absolute Gasteiger partial charge is 0.293 e. The summed E-state index contributed by atoms with van der Waals surface area (Å²) in [6.45, 7) is 0.676. The Morgan fingerprint density at radius 2 is 2.25 bits per heavy atom. The maximum absolute atomic E-state index is 11.2. The van der Waals surface area contributed by atoms with Crippen LogP contribution in [0.5, 0.6) is 0 Å². The zero-order chi connectivity index (χ0) is 14.5. The molecule has 1 aliphatic rings. The summed E-state index contributed by atoms with van der Waals surface area (Å²) in [5, 5.41) is 29.6. The third-order valence-electron chi connectivity index (χ3n) is 3.70. The molecule has 6 heteroatoms. The zero-order valence-electron chi connectivity index (χ0n) is 11.2. The molecule has 0 bridgehead atoms. The minimum Gasteiger partial charge on any atom is -0.394 e. The van der Waals surface area contributed by atoms with Crippen molar-refractivity contribution in [1.29, 1.82) is 5.26 Å². The van der Waals surface area contributed by atoms with Gasteiger partial charge in [0.05, 0.1) is 29.2 Å². The number of anilines is 1. The molecule has 0 spiro atoms. The number of hydrogen-bond acceptors (Lipinski definition) is 5. The second kappa shape index (κ2) is 6.35. The van der Waals surface area contributed by atoms with Gasteiger partial charge in [0.1, 0.15) is 5.69 Å². The second-order valence-corrected chi connectivity index (χ2v) is 4.95. The quantitative estimate of drug-likeness (QED) is 0.674. The van der Waals surface area contributed by atoms with Gasteiger partial charge in [0.25, 0.3) is 5.69 Å². The summed E-state index contributed by atoms with van der Waals surface area (Å²) in [4.78, 5) is 12.7. The van der Waals surface area contributed by atoms with Gasteiger partial charge in [-0.2, -0.15) is 5.26 Å². The summed E-state index contributed by atoms with van der Waals surface area (Å²) in [5.41, 5.74) is 0.704. The Labute approximate surface area is 117 Å². The molecule has 2 rings (SSSR count). The van der Waals surface area contributed by atoms with E-state index in [4.69, 9.17) is 5.26 Å². The van der Waals surface area contributed by atoms with E-state index in [1.807, 2.05) is 11.0 Å². The Kier molecular flexibility index (Phi) is 4.53. The maximum atomic E-state index is 11.2. The Hall–Kier alpha value is -2.13. The molecule has 1 heterocycles. The van der Waals surface area contributed by atoms with E-state index in [0.29, 0.717) is 12.2 Å². The maximum Gasteiger partial charge on any atom is 0.293 e. The first-order chi connectivity index (χ1) is 9.67. The lowest BCUT2D eigenvalue weighted by Crippen LogP contribution is -2.37. The number of aliphatic hydroxyl groups excluding tert-OH is 1. The number of nitro benzene ring substituents is 1. The van der Waals surface area contributed by atoms with E-state index < -0.39 is 4.92 Å². The lowest BCUT2D eigenvalue weighted by atomic mass is 10.1. The number of hydrogen-bond donors (Lipinski definition) is 1. The van der Waals surface area contributed by atoms with E-state index in [9.17, 15) is 15.2 Å². The molecule has 0 radical (unpaired) electrons. The van der Waals surface area contributed by atoms with E-state index in [1.165, 1.54) is 6.07 Å². The minimum atomic E-state index is -0.463. The molecule has 1 fully saturated rings. The molecule has 0 saturated carbocycles. The lowest BCUT2D eigenvalue weighted by molar-refractivity contribution is -0.384. The van der Waals surface area contributed by atoms with Gasteiger partial charge in [-0.25, -0.2) is 0 Å². The van der Waals surface area contributed by atoms with Crippen LogP contribution in [0.2, 0.25) is 0 Å². The van der Waals surface area contributed by atoms with Gasteiger partial charge in [-0.1, -0.05) is 12.8 Å².